The van der Waals surface area contributed by atoms with Crippen LogP contribution in [0.3, 0.4) is 0 Å². The van der Waals surface area contributed by atoms with Crippen LogP contribution in [0.5, 0.6) is 0 Å². The van der Waals surface area contributed by atoms with Crippen molar-refractivity contribution < 1.29 is 0 Å². The maximum Gasteiger partial charge on any atom is 0.105 e. The zero-order valence-corrected chi connectivity index (χ0v) is 12.3. The molecule has 2 unspecified atom stereocenters. The zero-order valence-electron chi connectivity index (χ0n) is 9.87. The Labute approximate surface area is 116 Å². The molecule has 2 atom stereocenters. The summed E-state index contributed by atoms with van der Waals surface area (Å²) in [6.45, 7) is 2.24. The first-order valence-electron chi connectivity index (χ1n) is 5.97. The van der Waals surface area contributed by atoms with E-state index in [1.54, 1.807) is 0 Å². The van der Waals surface area contributed by atoms with Crippen LogP contribution in [0.1, 0.15) is 31.7 Å². The molecule has 3 N–H and O–H groups in total. The Kier molecular flexibility index (Phi) is 4.05. The molecular formula is C13H17BrN2S. The fraction of sp³-hybridized carbons (Fsp3) is 0.462. The second kappa shape index (κ2) is 5.36. The number of hydrogen-bond acceptors (Lipinski definition) is 2. The molecule has 92 valence electrons. The molecule has 1 aliphatic rings. The first-order valence-corrected chi connectivity index (χ1v) is 7.17. The summed E-state index contributed by atoms with van der Waals surface area (Å²) in [4.78, 5) is 0.429. The summed E-state index contributed by atoms with van der Waals surface area (Å²) in [5.41, 5.74) is 7.66. The molecule has 0 aliphatic heterocycles. The van der Waals surface area contributed by atoms with Crippen LogP contribution in [0.25, 0.3) is 0 Å². The topological polar surface area (TPSA) is 38.0 Å². The molecule has 2 rings (SSSR count). The van der Waals surface area contributed by atoms with E-state index in [0.29, 0.717) is 11.0 Å². The van der Waals surface area contributed by atoms with Crippen molar-refractivity contribution in [1.82, 2.24) is 0 Å². The monoisotopic (exact) mass is 312 g/mol. The van der Waals surface area contributed by atoms with Gasteiger partial charge in [-0.1, -0.05) is 25.6 Å². The van der Waals surface area contributed by atoms with Crippen LogP contribution in [0.2, 0.25) is 0 Å². The van der Waals surface area contributed by atoms with Crippen molar-refractivity contribution in [3.63, 3.8) is 0 Å². The van der Waals surface area contributed by atoms with E-state index in [1.165, 1.54) is 19.3 Å². The van der Waals surface area contributed by atoms with Gasteiger partial charge in [0.1, 0.15) is 4.99 Å². The Morgan fingerprint density at radius 2 is 2.35 bits per heavy atom. The van der Waals surface area contributed by atoms with Crippen molar-refractivity contribution in [3.05, 3.63) is 28.2 Å². The highest BCUT2D eigenvalue weighted by atomic mass is 79.9. The quantitative estimate of drug-likeness (QED) is 0.814. The standard InChI is InChI=1S/C13H17BrN2S/c1-2-3-8-6-12(8)16-9-4-5-10(13(15)17)11(14)7-9/h4-5,7-8,12,16H,2-3,6H2,1H3,(H2,15,17). The fourth-order valence-corrected chi connectivity index (χ4v) is 3.03. The minimum atomic E-state index is 0.429. The third-order valence-corrected chi connectivity index (χ3v) is 4.04. The number of benzene rings is 1. The van der Waals surface area contributed by atoms with Gasteiger partial charge in [-0.2, -0.15) is 0 Å². The summed E-state index contributed by atoms with van der Waals surface area (Å²) in [6, 6.07) is 6.71. The average molecular weight is 313 g/mol. The van der Waals surface area contributed by atoms with Crippen molar-refractivity contribution in [2.45, 2.75) is 32.2 Å². The second-order valence-corrected chi connectivity index (χ2v) is 5.89. The second-order valence-electron chi connectivity index (χ2n) is 4.59. The number of rotatable bonds is 5. The van der Waals surface area contributed by atoms with Gasteiger partial charge in [-0.05, 0) is 52.9 Å². The van der Waals surface area contributed by atoms with Gasteiger partial charge in [0.25, 0.3) is 0 Å². The third-order valence-electron chi connectivity index (χ3n) is 3.17. The van der Waals surface area contributed by atoms with Gasteiger partial charge in [-0.25, -0.2) is 0 Å². The Balaban J connectivity index is 1.99. The summed E-state index contributed by atoms with van der Waals surface area (Å²) in [6.07, 6.45) is 3.89. The molecule has 4 heteroatoms. The SMILES string of the molecule is CCCC1CC1Nc1ccc(C(N)=S)c(Br)c1. The Hall–Kier alpha value is -0.610. The molecule has 2 nitrogen and oxygen atoms in total. The van der Waals surface area contributed by atoms with E-state index < -0.39 is 0 Å². The van der Waals surface area contributed by atoms with E-state index in [2.05, 4.69) is 34.2 Å². The molecule has 0 saturated heterocycles. The fourth-order valence-electron chi connectivity index (χ4n) is 2.13. The van der Waals surface area contributed by atoms with E-state index in [0.717, 1.165) is 21.6 Å². The molecule has 0 bridgehead atoms. The van der Waals surface area contributed by atoms with Crippen molar-refractivity contribution in [3.8, 4) is 0 Å². The number of nitrogens with two attached hydrogens (primary N) is 1. The van der Waals surface area contributed by atoms with Crippen LogP contribution in [-0.2, 0) is 0 Å². The first kappa shape index (κ1) is 12.8. The van der Waals surface area contributed by atoms with E-state index >= 15 is 0 Å². The Morgan fingerprint density at radius 3 is 2.94 bits per heavy atom. The molecule has 0 aromatic heterocycles. The highest BCUT2D eigenvalue weighted by Gasteiger charge is 2.35. The minimum absolute atomic E-state index is 0.429. The molecule has 1 aliphatic carbocycles. The molecule has 17 heavy (non-hydrogen) atoms. The Bertz CT molecular complexity index is 433. The number of nitrogens with one attached hydrogen (secondary N) is 1. The average Bonchev–Trinajstić information content (AvgIpc) is 2.96. The van der Waals surface area contributed by atoms with Gasteiger partial charge < -0.3 is 11.1 Å². The van der Waals surface area contributed by atoms with Gasteiger partial charge in [0.15, 0.2) is 0 Å². The first-order chi connectivity index (χ1) is 8.11. The van der Waals surface area contributed by atoms with Gasteiger partial charge >= 0.3 is 0 Å². The molecule has 1 aromatic carbocycles. The molecule has 1 fully saturated rings. The van der Waals surface area contributed by atoms with E-state index in [-0.39, 0.29) is 0 Å². The van der Waals surface area contributed by atoms with Crippen LogP contribution < -0.4 is 11.1 Å². The number of halogens is 1. The highest BCUT2D eigenvalue weighted by Crippen LogP contribution is 2.37. The highest BCUT2D eigenvalue weighted by molar-refractivity contribution is 9.10. The van der Waals surface area contributed by atoms with Crippen LogP contribution in [-0.4, -0.2) is 11.0 Å². The van der Waals surface area contributed by atoms with E-state index in [1.807, 2.05) is 12.1 Å². The summed E-state index contributed by atoms with van der Waals surface area (Å²) in [5.74, 6) is 0.856. The lowest BCUT2D eigenvalue weighted by atomic mass is 10.2. The lowest BCUT2D eigenvalue weighted by Gasteiger charge is -2.08. The van der Waals surface area contributed by atoms with Crippen LogP contribution >= 0.6 is 28.1 Å². The lowest BCUT2D eigenvalue weighted by molar-refractivity contribution is 0.693. The largest absolute Gasteiger partial charge is 0.389 e. The lowest BCUT2D eigenvalue weighted by Crippen LogP contribution is -2.11. The number of hydrogen-bond donors (Lipinski definition) is 2. The minimum Gasteiger partial charge on any atom is -0.389 e. The zero-order chi connectivity index (χ0) is 12.4. The molecule has 0 amide bonds. The van der Waals surface area contributed by atoms with Gasteiger partial charge in [-0.15, -0.1) is 0 Å². The van der Waals surface area contributed by atoms with Gasteiger partial charge in [0, 0.05) is 21.8 Å². The summed E-state index contributed by atoms with van der Waals surface area (Å²) >= 11 is 8.47. The van der Waals surface area contributed by atoms with Crippen molar-refractivity contribution in [2.24, 2.45) is 11.7 Å². The van der Waals surface area contributed by atoms with E-state index in [9.17, 15) is 0 Å². The third kappa shape index (κ3) is 3.19. The van der Waals surface area contributed by atoms with Gasteiger partial charge in [0.2, 0.25) is 0 Å². The molecule has 0 radical (unpaired) electrons. The smallest absolute Gasteiger partial charge is 0.105 e. The molecule has 1 saturated carbocycles. The van der Waals surface area contributed by atoms with Crippen LogP contribution in [0, 0.1) is 5.92 Å². The molecule has 0 heterocycles. The normalized spacial score (nSPS) is 22.2. The Morgan fingerprint density at radius 1 is 1.59 bits per heavy atom. The maximum absolute atomic E-state index is 5.62. The van der Waals surface area contributed by atoms with Crippen LogP contribution in [0.4, 0.5) is 5.69 Å². The predicted molar refractivity (Wildman–Crippen MR) is 80.5 cm³/mol. The molecule has 1 aromatic rings. The summed E-state index contributed by atoms with van der Waals surface area (Å²) in [5, 5.41) is 3.54. The number of anilines is 1. The van der Waals surface area contributed by atoms with Gasteiger partial charge in [-0.3, -0.25) is 0 Å². The van der Waals surface area contributed by atoms with Crippen LogP contribution in [0.15, 0.2) is 22.7 Å². The summed E-state index contributed by atoms with van der Waals surface area (Å²) in [7, 11) is 0. The van der Waals surface area contributed by atoms with Gasteiger partial charge in [0.05, 0.1) is 0 Å². The molecular weight excluding hydrogens is 296 g/mol. The number of thiocarbonyl (C=S) groups is 1. The maximum atomic E-state index is 5.62. The van der Waals surface area contributed by atoms with Crippen molar-refractivity contribution in [1.29, 1.82) is 0 Å². The van der Waals surface area contributed by atoms with Crippen molar-refractivity contribution in [2.75, 3.05) is 5.32 Å². The van der Waals surface area contributed by atoms with Crippen molar-refractivity contribution >= 4 is 38.8 Å². The van der Waals surface area contributed by atoms with E-state index in [4.69, 9.17) is 18.0 Å². The predicted octanol–water partition coefficient (Wildman–Crippen LogP) is 3.68. The molecule has 0 spiro atoms. The summed E-state index contributed by atoms with van der Waals surface area (Å²) < 4.78 is 0.961.